The molecule has 3 heteroatoms. The molecule has 0 atom stereocenters. The molecule has 0 radical (unpaired) electrons. The maximum atomic E-state index is 11.4. The number of phenols is 1. The zero-order valence-electron chi connectivity index (χ0n) is 7.21. The van der Waals surface area contributed by atoms with Gasteiger partial charge in [-0.15, -0.1) is 0 Å². The molecular weight excluding hydrogens is 166 g/mol. The van der Waals surface area contributed by atoms with Gasteiger partial charge in [-0.05, 0) is 18.9 Å². The van der Waals surface area contributed by atoms with Gasteiger partial charge in [-0.25, -0.2) is 0 Å². The van der Waals surface area contributed by atoms with Crippen LogP contribution in [0.25, 0.3) is 0 Å². The van der Waals surface area contributed by atoms with E-state index >= 15 is 0 Å². The monoisotopic (exact) mass is 177 g/mol. The Balaban J connectivity index is 2.63. The minimum absolute atomic E-state index is 0.0869. The van der Waals surface area contributed by atoms with Crippen molar-refractivity contribution in [3.63, 3.8) is 0 Å². The van der Waals surface area contributed by atoms with E-state index in [1.165, 1.54) is 6.07 Å². The molecule has 0 aromatic heterocycles. The fourth-order valence-corrected chi connectivity index (χ4v) is 1.75. The van der Waals surface area contributed by atoms with Gasteiger partial charge in [0.1, 0.15) is 5.75 Å². The first-order valence-corrected chi connectivity index (χ1v) is 4.33. The molecule has 0 saturated carbocycles. The first-order chi connectivity index (χ1) is 6.18. The predicted octanol–water partition coefficient (Wildman–Crippen LogP) is 1.49. The van der Waals surface area contributed by atoms with Gasteiger partial charge in [-0.3, -0.25) is 4.79 Å². The van der Waals surface area contributed by atoms with Crippen LogP contribution >= 0.6 is 0 Å². The van der Waals surface area contributed by atoms with Crippen LogP contribution < -0.4 is 5.73 Å². The lowest BCUT2D eigenvalue weighted by atomic mass is 9.89. The highest BCUT2D eigenvalue weighted by atomic mass is 16.3. The van der Waals surface area contributed by atoms with Gasteiger partial charge in [0, 0.05) is 29.3 Å². The van der Waals surface area contributed by atoms with Crippen LogP contribution in [0.1, 0.15) is 28.8 Å². The van der Waals surface area contributed by atoms with Crippen LogP contribution in [0.4, 0.5) is 5.69 Å². The van der Waals surface area contributed by atoms with Crippen LogP contribution in [0.3, 0.4) is 0 Å². The number of phenolic OH excluding ortho intramolecular Hbond substituents is 1. The van der Waals surface area contributed by atoms with E-state index in [-0.39, 0.29) is 11.5 Å². The van der Waals surface area contributed by atoms with Gasteiger partial charge >= 0.3 is 0 Å². The normalized spacial score (nSPS) is 15.5. The fourth-order valence-electron chi connectivity index (χ4n) is 1.75. The first kappa shape index (κ1) is 8.10. The third kappa shape index (κ3) is 1.26. The van der Waals surface area contributed by atoms with Crippen molar-refractivity contribution in [1.82, 2.24) is 0 Å². The van der Waals surface area contributed by atoms with Gasteiger partial charge in [0.2, 0.25) is 0 Å². The number of aromatic hydroxyl groups is 1. The highest BCUT2D eigenvalue weighted by Gasteiger charge is 2.20. The molecule has 13 heavy (non-hydrogen) atoms. The Kier molecular flexibility index (Phi) is 1.72. The summed E-state index contributed by atoms with van der Waals surface area (Å²) in [6.07, 6.45) is 2.16. The lowest BCUT2D eigenvalue weighted by Gasteiger charge is -2.16. The smallest absolute Gasteiger partial charge is 0.163 e. The third-order valence-electron chi connectivity index (χ3n) is 2.38. The molecule has 0 heterocycles. The van der Waals surface area contributed by atoms with E-state index in [0.717, 1.165) is 18.4 Å². The number of rotatable bonds is 0. The molecule has 3 nitrogen and oxygen atoms in total. The second kappa shape index (κ2) is 2.76. The van der Waals surface area contributed by atoms with Crippen molar-refractivity contribution in [2.24, 2.45) is 0 Å². The number of nitrogens with two attached hydrogens (primary N) is 1. The van der Waals surface area contributed by atoms with Crippen molar-refractivity contribution in [2.45, 2.75) is 19.3 Å². The number of nitrogen functional groups attached to an aromatic ring is 1. The van der Waals surface area contributed by atoms with Crippen molar-refractivity contribution in [3.05, 3.63) is 23.3 Å². The lowest BCUT2D eigenvalue weighted by Crippen LogP contribution is -2.11. The van der Waals surface area contributed by atoms with Crippen molar-refractivity contribution in [3.8, 4) is 5.75 Å². The standard InChI is InChI=1S/C10H11NO2/c11-6-4-8-7(10(13)5-6)2-1-3-9(8)12/h4-5,13H,1-3,11H2. The number of hydrogen-bond donors (Lipinski definition) is 2. The van der Waals surface area contributed by atoms with Crippen molar-refractivity contribution < 1.29 is 9.90 Å². The van der Waals surface area contributed by atoms with Crippen LogP contribution in [-0.4, -0.2) is 10.9 Å². The molecule has 0 saturated heterocycles. The Labute approximate surface area is 76.2 Å². The largest absolute Gasteiger partial charge is 0.508 e. The van der Waals surface area contributed by atoms with Crippen LogP contribution in [0.15, 0.2) is 12.1 Å². The van der Waals surface area contributed by atoms with Gasteiger partial charge in [-0.2, -0.15) is 0 Å². The zero-order chi connectivity index (χ0) is 9.42. The Bertz CT molecular complexity index is 371. The third-order valence-corrected chi connectivity index (χ3v) is 2.38. The van der Waals surface area contributed by atoms with E-state index in [0.29, 0.717) is 17.7 Å². The number of carbonyl (C=O) groups is 1. The summed E-state index contributed by atoms with van der Waals surface area (Å²) in [7, 11) is 0. The summed E-state index contributed by atoms with van der Waals surface area (Å²) in [6.45, 7) is 0. The summed E-state index contributed by atoms with van der Waals surface area (Å²) in [6, 6.07) is 3.15. The average molecular weight is 177 g/mol. The maximum Gasteiger partial charge on any atom is 0.163 e. The average Bonchev–Trinajstić information content (AvgIpc) is 2.07. The van der Waals surface area contributed by atoms with E-state index in [1.807, 2.05) is 0 Å². The zero-order valence-corrected chi connectivity index (χ0v) is 7.21. The minimum atomic E-state index is 0.0869. The SMILES string of the molecule is Nc1cc(O)c2c(c1)C(=O)CCC2. The van der Waals surface area contributed by atoms with Crippen LogP contribution in [0.5, 0.6) is 5.75 Å². The Hall–Kier alpha value is -1.51. The van der Waals surface area contributed by atoms with Gasteiger partial charge < -0.3 is 10.8 Å². The summed E-state index contributed by atoms with van der Waals surface area (Å²) in [5.41, 5.74) is 7.34. The van der Waals surface area contributed by atoms with Gasteiger partial charge in [-0.1, -0.05) is 0 Å². The second-order valence-electron chi connectivity index (χ2n) is 3.34. The first-order valence-electron chi connectivity index (χ1n) is 4.33. The van der Waals surface area contributed by atoms with Crippen LogP contribution in [-0.2, 0) is 6.42 Å². The summed E-state index contributed by atoms with van der Waals surface area (Å²) >= 11 is 0. The predicted molar refractivity (Wildman–Crippen MR) is 49.8 cm³/mol. The molecule has 0 bridgehead atoms. The minimum Gasteiger partial charge on any atom is -0.508 e. The lowest BCUT2D eigenvalue weighted by molar-refractivity contribution is 0.0971. The van der Waals surface area contributed by atoms with Crippen LogP contribution in [0, 0.1) is 0 Å². The number of carbonyl (C=O) groups excluding carboxylic acids is 1. The summed E-state index contributed by atoms with van der Waals surface area (Å²) < 4.78 is 0. The molecule has 0 unspecified atom stereocenters. The van der Waals surface area contributed by atoms with Gasteiger partial charge in [0.15, 0.2) is 5.78 Å². The number of hydrogen-bond acceptors (Lipinski definition) is 3. The molecule has 68 valence electrons. The molecule has 0 amide bonds. The number of ketones is 1. The Morgan fingerprint density at radius 3 is 2.85 bits per heavy atom. The van der Waals surface area contributed by atoms with E-state index in [9.17, 15) is 9.90 Å². The fraction of sp³-hybridized carbons (Fsp3) is 0.300. The summed E-state index contributed by atoms with van der Waals surface area (Å²) in [5, 5.41) is 9.52. The van der Waals surface area contributed by atoms with Gasteiger partial charge in [0.05, 0.1) is 0 Å². The summed E-state index contributed by atoms with van der Waals surface area (Å²) in [5.74, 6) is 0.243. The highest BCUT2D eigenvalue weighted by Crippen LogP contribution is 2.30. The molecule has 0 spiro atoms. The second-order valence-corrected chi connectivity index (χ2v) is 3.34. The topological polar surface area (TPSA) is 63.3 Å². The Morgan fingerprint density at radius 1 is 1.31 bits per heavy atom. The van der Waals surface area contributed by atoms with Crippen molar-refractivity contribution in [2.75, 3.05) is 5.73 Å². The maximum absolute atomic E-state index is 11.4. The number of Topliss-reactive ketones (excluding diaryl/α,β-unsaturated/α-hetero) is 1. The molecule has 1 aromatic carbocycles. The van der Waals surface area contributed by atoms with Crippen LogP contribution in [0.2, 0.25) is 0 Å². The number of fused-ring (bicyclic) bond motifs is 1. The number of anilines is 1. The van der Waals surface area contributed by atoms with E-state index in [1.54, 1.807) is 6.07 Å². The van der Waals surface area contributed by atoms with E-state index in [4.69, 9.17) is 5.73 Å². The number of benzene rings is 1. The molecule has 1 aliphatic carbocycles. The molecule has 2 rings (SSSR count). The highest BCUT2D eigenvalue weighted by molar-refractivity contribution is 5.99. The molecular formula is C10H11NO2. The van der Waals surface area contributed by atoms with Gasteiger partial charge in [0.25, 0.3) is 0 Å². The Morgan fingerprint density at radius 2 is 2.08 bits per heavy atom. The molecule has 0 fully saturated rings. The summed E-state index contributed by atoms with van der Waals surface area (Å²) in [4.78, 5) is 11.4. The van der Waals surface area contributed by atoms with Crippen molar-refractivity contribution in [1.29, 1.82) is 0 Å². The van der Waals surface area contributed by atoms with E-state index in [2.05, 4.69) is 0 Å². The molecule has 1 aromatic rings. The molecule has 1 aliphatic rings. The van der Waals surface area contributed by atoms with Crippen molar-refractivity contribution >= 4 is 11.5 Å². The molecule has 3 N–H and O–H groups in total. The molecule has 0 aliphatic heterocycles. The van der Waals surface area contributed by atoms with E-state index < -0.39 is 0 Å². The quantitative estimate of drug-likeness (QED) is 0.590.